The summed E-state index contributed by atoms with van der Waals surface area (Å²) in [4.78, 5) is 40.9. The van der Waals surface area contributed by atoms with Crippen molar-refractivity contribution in [2.45, 2.75) is 12.8 Å². The van der Waals surface area contributed by atoms with Crippen molar-refractivity contribution in [2.75, 3.05) is 5.32 Å². The summed E-state index contributed by atoms with van der Waals surface area (Å²) >= 11 is 0. The number of ketones is 1. The molecule has 0 saturated heterocycles. The van der Waals surface area contributed by atoms with Gasteiger partial charge in [0.15, 0.2) is 11.9 Å². The molecule has 2 amide bonds. The van der Waals surface area contributed by atoms with Crippen molar-refractivity contribution in [3.05, 3.63) is 95.8 Å². The van der Waals surface area contributed by atoms with Gasteiger partial charge >= 0.3 is 6.09 Å². The molecule has 8 heteroatoms. The number of carbonyl (C=O) groups is 3. The number of nitrogens with zero attached hydrogens (tertiary/aromatic N) is 1. The van der Waals surface area contributed by atoms with Crippen molar-refractivity contribution in [2.24, 2.45) is 5.73 Å². The number of hydrogen-bond acceptors (Lipinski definition) is 6. The number of rotatable bonds is 7. The molecule has 0 aliphatic carbocycles. The number of nitrogens with one attached hydrogen (secondary N) is 2. The minimum Gasteiger partial charge on any atom is -0.445 e. The van der Waals surface area contributed by atoms with Gasteiger partial charge in [0.05, 0.1) is 5.69 Å². The molecule has 8 nitrogen and oxygen atoms in total. The number of aromatic nitrogens is 1. The molecule has 1 unspecified atom stereocenters. The standard InChI is InChI=1S/C22H20N4O4/c23-20(26-22(29)30-14-15-6-2-1-3-7-15)21(28)25-18-9-5-4-8-17(18)19(27)16-10-12-24-13-11-16/h1-13,20H,14,23H2,(H,25,28)(H,26,29). The third-order valence-corrected chi connectivity index (χ3v) is 4.14. The molecule has 0 spiro atoms. The zero-order valence-electron chi connectivity index (χ0n) is 15.9. The van der Waals surface area contributed by atoms with Gasteiger partial charge in [0.1, 0.15) is 6.61 Å². The highest BCUT2D eigenvalue weighted by Gasteiger charge is 2.20. The van der Waals surface area contributed by atoms with Gasteiger partial charge in [-0.1, -0.05) is 42.5 Å². The molecule has 0 radical (unpaired) electrons. The molecule has 0 fully saturated rings. The van der Waals surface area contributed by atoms with E-state index in [9.17, 15) is 14.4 Å². The first kappa shape index (κ1) is 20.7. The first-order valence-corrected chi connectivity index (χ1v) is 9.12. The van der Waals surface area contributed by atoms with E-state index in [-0.39, 0.29) is 23.6 Å². The number of para-hydroxylation sites is 1. The number of nitrogens with two attached hydrogens (primary N) is 1. The number of hydrogen-bond donors (Lipinski definition) is 3. The molecule has 1 atom stereocenters. The Hall–Kier alpha value is -4.04. The van der Waals surface area contributed by atoms with Gasteiger partial charge in [0.2, 0.25) is 0 Å². The molecule has 1 heterocycles. The summed E-state index contributed by atoms with van der Waals surface area (Å²) in [5.41, 5.74) is 7.55. The lowest BCUT2D eigenvalue weighted by atomic mass is 10.0. The van der Waals surface area contributed by atoms with Crippen LogP contribution in [0.3, 0.4) is 0 Å². The van der Waals surface area contributed by atoms with Gasteiger partial charge in [0, 0.05) is 23.5 Å². The van der Waals surface area contributed by atoms with Crippen molar-refractivity contribution in [1.29, 1.82) is 0 Å². The Morgan fingerprint density at radius 1 is 0.933 bits per heavy atom. The van der Waals surface area contributed by atoms with Crippen LogP contribution in [-0.2, 0) is 16.1 Å². The van der Waals surface area contributed by atoms with Gasteiger partial charge < -0.3 is 15.8 Å². The average Bonchev–Trinajstić information content (AvgIpc) is 2.79. The van der Waals surface area contributed by atoms with Gasteiger partial charge in [-0.15, -0.1) is 0 Å². The Bertz CT molecular complexity index is 1030. The summed E-state index contributed by atoms with van der Waals surface area (Å²) in [6, 6.07) is 18.8. The normalized spacial score (nSPS) is 11.2. The van der Waals surface area contributed by atoms with Crippen LogP contribution < -0.4 is 16.4 Å². The molecule has 0 bridgehead atoms. The van der Waals surface area contributed by atoms with E-state index in [0.29, 0.717) is 5.56 Å². The lowest BCUT2D eigenvalue weighted by Crippen LogP contribution is -2.50. The highest BCUT2D eigenvalue weighted by Crippen LogP contribution is 2.19. The number of ether oxygens (including phenoxy) is 1. The quantitative estimate of drug-likeness (QED) is 0.411. The second-order valence-electron chi connectivity index (χ2n) is 6.28. The van der Waals surface area contributed by atoms with Crippen molar-refractivity contribution in [1.82, 2.24) is 10.3 Å². The molecule has 2 aromatic carbocycles. The van der Waals surface area contributed by atoms with E-state index < -0.39 is 18.2 Å². The predicted molar refractivity (Wildman–Crippen MR) is 110 cm³/mol. The first-order chi connectivity index (χ1) is 14.5. The number of pyridine rings is 1. The molecule has 0 aliphatic rings. The molecule has 30 heavy (non-hydrogen) atoms. The highest BCUT2D eigenvalue weighted by atomic mass is 16.5. The monoisotopic (exact) mass is 404 g/mol. The Morgan fingerprint density at radius 3 is 2.33 bits per heavy atom. The van der Waals surface area contributed by atoms with E-state index in [2.05, 4.69) is 15.6 Å². The third-order valence-electron chi connectivity index (χ3n) is 4.14. The number of anilines is 1. The van der Waals surface area contributed by atoms with Crippen molar-refractivity contribution in [3.8, 4) is 0 Å². The number of carbonyl (C=O) groups excluding carboxylic acids is 3. The van der Waals surface area contributed by atoms with Crippen molar-refractivity contribution >= 4 is 23.5 Å². The fraction of sp³-hybridized carbons (Fsp3) is 0.0909. The molecule has 152 valence electrons. The summed E-state index contributed by atoms with van der Waals surface area (Å²) in [6.07, 6.45) is 0.824. The van der Waals surface area contributed by atoms with E-state index in [1.807, 2.05) is 18.2 Å². The largest absolute Gasteiger partial charge is 0.445 e. The highest BCUT2D eigenvalue weighted by molar-refractivity contribution is 6.14. The SMILES string of the molecule is NC(NC(=O)OCc1ccccc1)C(=O)Nc1ccccc1C(=O)c1ccncc1. The lowest BCUT2D eigenvalue weighted by Gasteiger charge is -2.16. The van der Waals surface area contributed by atoms with E-state index in [1.165, 1.54) is 12.4 Å². The Morgan fingerprint density at radius 2 is 1.60 bits per heavy atom. The van der Waals surface area contributed by atoms with Gasteiger partial charge in [-0.3, -0.25) is 19.9 Å². The van der Waals surface area contributed by atoms with Crippen LogP contribution >= 0.6 is 0 Å². The van der Waals surface area contributed by atoms with E-state index in [0.717, 1.165) is 5.56 Å². The fourth-order valence-corrected chi connectivity index (χ4v) is 2.62. The zero-order chi connectivity index (χ0) is 21.3. The Kier molecular flexibility index (Phi) is 6.86. The summed E-state index contributed by atoms with van der Waals surface area (Å²) in [7, 11) is 0. The zero-order valence-corrected chi connectivity index (χ0v) is 15.9. The molecule has 0 aliphatic heterocycles. The van der Waals surface area contributed by atoms with Crippen LogP contribution in [0, 0.1) is 0 Å². The number of benzene rings is 2. The molecular formula is C22H20N4O4. The first-order valence-electron chi connectivity index (χ1n) is 9.12. The maximum atomic E-state index is 12.7. The summed E-state index contributed by atoms with van der Waals surface area (Å²) < 4.78 is 5.05. The smallest absolute Gasteiger partial charge is 0.409 e. The lowest BCUT2D eigenvalue weighted by molar-refractivity contribution is -0.118. The van der Waals surface area contributed by atoms with Crippen LogP contribution in [0.5, 0.6) is 0 Å². The fourth-order valence-electron chi connectivity index (χ4n) is 2.62. The number of alkyl carbamates (subject to hydrolysis) is 1. The molecule has 1 aromatic heterocycles. The third kappa shape index (κ3) is 5.49. The molecule has 0 saturated carbocycles. The van der Waals surface area contributed by atoms with Crippen LogP contribution in [0.15, 0.2) is 79.1 Å². The van der Waals surface area contributed by atoms with E-state index in [1.54, 1.807) is 48.5 Å². The molecule has 4 N–H and O–H groups in total. The minimum atomic E-state index is -1.36. The second-order valence-corrected chi connectivity index (χ2v) is 6.28. The van der Waals surface area contributed by atoms with Gasteiger partial charge in [-0.2, -0.15) is 0 Å². The predicted octanol–water partition coefficient (Wildman–Crippen LogP) is 2.46. The Balaban J connectivity index is 1.60. The summed E-state index contributed by atoms with van der Waals surface area (Å²) in [5, 5.41) is 4.83. The number of amides is 2. The molecule has 3 aromatic rings. The maximum absolute atomic E-state index is 12.7. The summed E-state index contributed by atoms with van der Waals surface area (Å²) in [5.74, 6) is -0.973. The topological polar surface area (TPSA) is 123 Å². The van der Waals surface area contributed by atoms with Crippen LogP contribution in [0.2, 0.25) is 0 Å². The van der Waals surface area contributed by atoms with Crippen LogP contribution in [-0.4, -0.2) is 28.9 Å². The van der Waals surface area contributed by atoms with E-state index in [4.69, 9.17) is 10.5 Å². The second kappa shape index (κ2) is 9.94. The summed E-state index contributed by atoms with van der Waals surface area (Å²) in [6.45, 7) is 0.0459. The van der Waals surface area contributed by atoms with Crippen LogP contribution in [0.4, 0.5) is 10.5 Å². The minimum absolute atomic E-state index is 0.0459. The Labute approximate surface area is 173 Å². The van der Waals surface area contributed by atoms with Crippen LogP contribution in [0.1, 0.15) is 21.5 Å². The molecular weight excluding hydrogens is 384 g/mol. The van der Waals surface area contributed by atoms with Gasteiger partial charge in [-0.25, -0.2) is 4.79 Å². The average molecular weight is 404 g/mol. The maximum Gasteiger partial charge on any atom is 0.409 e. The van der Waals surface area contributed by atoms with Gasteiger partial charge in [-0.05, 0) is 29.8 Å². The van der Waals surface area contributed by atoms with Crippen molar-refractivity contribution in [3.63, 3.8) is 0 Å². The van der Waals surface area contributed by atoms with E-state index >= 15 is 0 Å². The van der Waals surface area contributed by atoms with Crippen molar-refractivity contribution < 1.29 is 19.1 Å². The molecule has 3 rings (SSSR count). The van der Waals surface area contributed by atoms with Gasteiger partial charge in [0.25, 0.3) is 5.91 Å². The van der Waals surface area contributed by atoms with Crippen LogP contribution in [0.25, 0.3) is 0 Å².